The molecule has 1 aliphatic rings. The van der Waals surface area contributed by atoms with Gasteiger partial charge in [-0.15, -0.1) is 0 Å². The van der Waals surface area contributed by atoms with Crippen molar-refractivity contribution in [2.24, 2.45) is 0 Å². The summed E-state index contributed by atoms with van der Waals surface area (Å²) in [6, 6.07) is 15.2. The van der Waals surface area contributed by atoms with Crippen LogP contribution in [0.5, 0.6) is 5.75 Å². The summed E-state index contributed by atoms with van der Waals surface area (Å²) in [5, 5.41) is 2.95. The Bertz CT molecular complexity index is 784. The molecule has 0 aliphatic carbocycles. The zero-order chi connectivity index (χ0) is 19.2. The molecule has 3 rings (SSSR count). The molecular weight excluding hydrogens is 340 g/mol. The zero-order valence-electron chi connectivity index (χ0n) is 15.9. The van der Waals surface area contributed by atoms with Crippen LogP contribution in [0.25, 0.3) is 0 Å². The fraction of sp³-hybridized carbons (Fsp3) is 0.364. The van der Waals surface area contributed by atoms with Crippen molar-refractivity contribution in [3.8, 4) is 5.75 Å². The highest BCUT2D eigenvalue weighted by atomic mass is 16.5. The van der Waals surface area contributed by atoms with E-state index >= 15 is 0 Å². The maximum Gasteiger partial charge on any atom is 0.251 e. The van der Waals surface area contributed by atoms with E-state index in [-0.39, 0.29) is 17.9 Å². The minimum absolute atomic E-state index is 0.110. The Morgan fingerprint density at radius 1 is 1.15 bits per heavy atom. The monoisotopic (exact) mass is 366 g/mol. The van der Waals surface area contributed by atoms with E-state index in [1.165, 1.54) is 5.56 Å². The van der Waals surface area contributed by atoms with Crippen LogP contribution in [0.2, 0.25) is 0 Å². The number of amides is 2. The van der Waals surface area contributed by atoms with Gasteiger partial charge in [0.25, 0.3) is 5.91 Å². The van der Waals surface area contributed by atoms with Gasteiger partial charge in [0.1, 0.15) is 12.4 Å². The molecule has 0 bridgehead atoms. The molecule has 1 unspecified atom stereocenters. The van der Waals surface area contributed by atoms with Crippen molar-refractivity contribution >= 4 is 11.8 Å². The molecule has 1 heterocycles. The van der Waals surface area contributed by atoms with Crippen molar-refractivity contribution < 1.29 is 14.3 Å². The number of ether oxygens (including phenoxy) is 1. The van der Waals surface area contributed by atoms with E-state index in [2.05, 4.69) is 5.32 Å². The molecule has 5 heteroatoms. The van der Waals surface area contributed by atoms with Crippen molar-refractivity contribution in [3.63, 3.8) is 0 Å². The van der Waals surface area contributed by atoms with Gasteiger partial charge in [0.05, 0.1) is 6.04 Å². The van der Waals surface area contributed by atoms with Crippen LogP contribution in [0.1, 0.15) is 41.3 Å². The van der Waals surface area contributed by atoms with E-state index < -0.39 is 0 Å². The second-order valence-electron chi connectivity index (χ2n) is 7.11. The lowest BCUT2D eigenvalue weighted by Crippen LogP contribution is -2.36. The third-order valence-corrected chi connectivity index (χ3v) is 4.66. The third kappa shape index (κ3) is 5.33. The first-order chi connectivity index (χ1) is 13.0. The topological polar surface area (TPSA) is 58.6 Å². The molecular formula is C22H26N2O3. The Kier molecular flexibility index (Phi) is 6.12. The average Bonchev–Trinajstić information content (AvgIpc) is 3.06. The van der Waals surface area contributed by atoms with Crippen molar-refractivity contribution in [1.82, 2.24) is 10.2 Å². The largest absolute Gasteiger partial charge is 0.491 e. The molecule has 1 atom stereocenters. The smallest absolute Gasteiger partial charge is 0.251 e. The van der Waals surface area contributed by atoms with E-state index in [9.17, 15) is 9.59 Å². The normalized spacial score (nSPS) is 14.9. The molecule has 1 fully saturated rings. The van der Waals surface area contributed by atoms with Gasteiger partial charge in [-0.05, 0) is 50.1 Å². The number of nitrogens with zero attached hydrogens (tertiary/aromatic N) is 1. The first-order valence-electron chi connectivity index (χ1n) is 9.38. The lowest BCUT2D eigenvalue weighted by molar-refractivity contribution is -0.128. The number of aryl methyl sites for hydroxylation is 1. The van der Waals surface area contributed by atoms with E-state index in [1.807, 2.05) is 55.1 Å². The highest BCUT2D eigenvalue weighted by Crippen LogP contribution is 2.15. The van der Waals surface area contributed by atoms with Gasteiger partial charge in [0, 0.05) is 25.1 Å². The number of rotatable bonds is 7. The number of nitrogens with one attached hydrogen (secondary N) is 1. The Labute approximate surface area is 160 Å². The second-order valence-corrected chi connectivity index (χ2v) is 7.11. The molecule has 1 saturated heterocycles. The van der Waals surface area contributed by atoms with Crippen molar-refractivity contribution in [1.29, 1.82) is 0 Å². The van der Waals surface area contributed by atoms with Crippen LogP contribution in [-0.4, -0.2) is 35.9 Å². The van der Waals surface area contributed by atoms with Crippen molar-refractivity contribution in [2.75, 3.05) is 13.2 Å². The molecule has 1 aliphatic heterocycles. The molecule has 2 amide bonds. The molecule has 2 aromatic carbocycles. The summed E-state index contributed by atoms with van der Waals surface area (Å²) in [6.45, 7) is 5.78. The molecule has 27 heavy (non-hydrogen) atoms. The van der Waals surface area contributed by atoms with Gasteiger partial charge in [-0.2, -0.15) is 0 Å². The van der Waals surface area contributed by atoms with Crippen LogP contribution in [0.3, 0.4) is 0 Å². The van der Waals surface area contributed by atoms with Gasteiger partial charge >= 0.3 is 0 Å². The molecule has 0 radical (unpaired) electrons. The molecule has 142 valence electrons. The van der Waals surface area contributed by atoms with E-state index in [4.69, 9.17) is 4.74 Å². The van der Waals surface area contributed by atoms with Crippen LogP contribution >= 0.6 is 0 Å². The fourth-order valence-corrected chi connectivity index (χ4v) is 3.06. The minimum Gasteiger partial charge on any atom is -0.491 e. The highest BCUT2D eigenvalue weighted by Gasteiger charge is 2.20. The maximum atomic E-state index is 12.4. The number of carbonyl (C=O) groups is 2. The Morgan fingerprint density at radius 2 is 1.85 bits per heavy atom. The third-order valence-electron chi connectivity index (χ3n) is 4.66. The fourth-order valence-electron chi connectivity index (χ4n) is 3.06. The average molecular weight is 366 g/mol. The van der Waals surface area contributed by atoms with Gasteiger partial charge in [0.15, 0.2) is 0 Å². The van der Waals surface area contributed by atoms with Crippen LogP contribution in [0, 0.1) is 6.92 Å². The Morgan fingerprint density at radius 3 is 2.48 bits per heavy atom. The molecule has 0 aromatic heterocycles. The number of benzene rings is 2. The van der Waals surface area contributed by atoms with Crippen LogP contribution in [-0.2, 0) is 11.3 Å². The van der Waals surface area contributed by atoms with Gasteiger partial charge in [-0.1, -0.05) is 29.8 Å². The lowest BCUT2D eigenvalue weighted by atomic mass is 10.1. The van der Waals surface area contributed by atoms with Gasteiger partial charge in [-0.25, -0.2) is 0 Å². The first-order valence-corrected chi connectivity index (χ1v) is 9.38. The summed E-state index contributed by atoms with van der Waals surface area (Å²) in [6.07, 6.45) is 1.57. The van der Waals surface area contributed by atoms with Gasteiger partial charge in [0.2, 0.25) is 5.91 Å². The summed E-state index contributed by atoms with van der Waals surface area (Å²) in [7, 11) is 0. The number of hydrogen-bond donors (Lipinski definition) is 1. The lowest BCUT2D eigenvalue weighted by Gasteiger charge is -2.17. The number of carbonyl (C=O) groups excluding carboxylic acids is 2. The van der Waals surface area contributed by atoms with Crippen molar-refractivity contribution in [2.45, 2.75) is 39.3 Å². The summed E-state index contributed by atoms with van der Waals surface area (Å²) in [4.78, 5) is 26.0. The van der Waals surface area contributed by atoms with E-state index in [1.54, 1.807) is 12.1 Å². The Balaban J connectivity index is 1.48. The van der Waals surface area contributed by atoms with E-state index in [0.29, 0.717) is 25.1 Å². The molecule has 0 saturated carbocycles. The van der Waals surface area contributed by atoms with Crippen LogP contribution < -0.4 is 10.1 Å². The van der Waals surface area contributed by atoms with Gasteiger partial charge < -0.3 is 15.0 Å². The van der Waals surface area contributed by atoms with Gasteiger partial charge in [-0.3, -0.25) is 9.59 Å². The zero-order valence-corrected chi connectivity index (χ0v) is 15.9. The standard InChI is InChI=1S/C22H26N2O3/c1-16-5-11-20(12-6-16)27-15-17(2)23-22(26)19-9-7-18(8-10-19)14-24-13-3-4-21(24)25/h5-12,17H,3-4,13-15H2,1-2H3,(H,23,26). The highest BCUT2D eigenvalue weighted by molar-refractivity contribution is 5.94. The molecule has 1 N–H and O–H groups in total. The number of likely N-dealkylation sites (tertiary alicyclic amines) is 1. The van der Waals surface area contributed by atoms with E-state index in [0.717, 1.165) is 24.3 Å². The predicted molar refractivity (Wildman–Crippen MR) is 105 cm³/mol. The van der Waals surface area contributed by atoms with Crippen molar-refractivity contribution in [3.05, 3.63) is 65.2 Å². The second kappa shape index (κ2) is 8.71. The van der Waals surface area contributed by atoms with Crippen LogP contribution in [0.4, 0.5) is 0 Å². The molecule has 0 spiro atoms. The molecule has 2 aromatic rings. The quantitative estimate of drug-likeness (QED) is 0.818. The summed E-state index contributed by atoms with van der Waals surface area (Å²) >= 11 is 0. The summed E-state index contributed by atoms with van der Waals surface area (Å²) in [5.41, 5.74) is 2.83. The number of hydrogen-bond acceptors (Lipinski definition) is 3. The summed E-state index contributed by atoms with van der Waals surface area (Å²) < 4.78 is 5.71. The first kappa shape index (κ1) is 19.0. The minimum atomic E-state index is -0.126. The SMILES string of the molecule is Cc1ccc(OCC(C)NC(=O)c2ccc(CN3CCCC3=O)cc2)cc1. The predicted octanol–water partition coefficient (Wildman–Crippen LogP) is 3.31. The Hall–Kier alpha value is -2.82. The van der Waals surface area contributed by atoms with Crippen LogP contribution in [0.15, 0.2) is 48.5 Å². The molecule has 5 nitrogen and oxygen atoms in total. The maximum absolute atomic E-state index is 12.4. The summed E-state index contributed by atoms with van der Waals surface area (Å²) in [5.74, 6) is 0.875.